The Morgan fingerprint density at radius 2 is 1.00 bits per heavy atom. The van der Waals surface area contributed by atoms with Crippen molar-refractivity contribution in [2.45, 2.75) is 17.9 Å². The third-order valence-electron chi connectivity index (χ3n) is 8.82. The van der Waals surface area contributed by atoms with E-state index in [0.29, 0.717) is 0 Å². The highest BCUT2D eigenvalue weighted by atomic mass is 16.6. The molecule has 216 valence electrons. The third kappa shape index (κ3) is 4.69. The number of rotatable bonds is 5. The Morgan fingerprint density at radius 1 is 0.605 bits per heavy atom. The standard InChI is InChI=1S/C35H30N2O6/c38-33(39)32-19-36(34(40)42-20-30-26-13-5-1-9-22(26)23-10-2-6-14-27(23)30)17-18-37(32)35(41)43-21-31-28-15-7-3-11-24(28)25-12-4-8-16-29(25)31/h1-16,30-32H,17-21H2,(H,38,39)/p-1. The maximum atomic E-state index is 13.2. The minimum atomic E-state index is -1.45. The molecule has 4 aromatic rings. The zero-order chi connectivity index (χ0) is 29.5. The van der Waals surface area contributed by atoms with E-state index in [-0.39, 0.29) is 44.7 Å². The van der Waals surface area contributed by atoms with Crippen LogP contribution in [-0.2, 0) is 14.3 Å². The number of nitrogens with zero attached hydrogens (tertiary/aromatic N) is 2. The number of amides is 2. The molecular formula is C35H29N2O6-. The summed E-state index contributed by atoms with van der Waals surface area (Å²) in [5, 5.41) is 12.1. The lowest BCUT2D eigenvalue weighted by molar-refractivity contribution is -0.312. The summed E-state index contributed by atoms with van der Waals surface area (Å²) < 4.78 is 11.4. The first-order chi connectivity index (χ1) is 21.0. The van der Waals surface area contributed by atoms with Crippen LogP contribution in [0.4, 0.5) is 9.59 Å². The van der Waals surface area contributed by atoms with Gasteiger partial charge in [-0.25, -0.2) is 9.59 Å². The molecule has 4 aromatic carbocycles. The predicted molar refractivity (Wildman–Crippen MR) is 157 cm³/mol. The van der Waals surface area contributed by atoms with E-state index in [1.165, 1.54) is 4.90 Å². The van der Waals surface area contributed by atoms with Crippen LogP contribution in [0, 0.1) is 0 Å². The molecule has 2 amide bonds. The Labute approximate surface area is 249 Å². The molecule has 0 radical (unpaired) electrons. The Balaban J connectivity index is 0.998. The largest absolute Gasteiger partial charge is 0.548 e. The Bertz CT molecular complexity index is 1640. The Hall–Kier alpha value is -5.11. The van der Waals surface area contributed by atoms with E-state index in [4.69, 9.17) is 9.47 Å². The topological polar surface area (TPSA) is 99.2 Å². The molecule has 1 heterocycles. The first-order valence-electron chi connectivity index (χ1n) is 14.4. The van der Waals surface area contributed by atoms with Gasteiger partial charge in [-0.3, -0.25) is 4.90 Å². The summed E-state index contributed by atoms with van der Waals surface area (Å²) in [7, 11) is 0. The molecule has 2 aliphatic carbocycles. The number of carboxylic acid groups (broad SMARTS) is 1. The number of hydrogen-bond donors (Lipinski definition) is 0. The average Bonchev–Trinajstić information content (AvgIpc) is 3.54. The molecule has 8 nitrogen and oxygen atoms in total. The van der Waals surface area contributed by atoms with E-state index in [1.54, 1.807) is 0 Å². The van der Waals surface area contributed by atoms with Crippen molar-refractivity contribution in [3.05, 3.63) is 119 Å². The van der Waals surface area contributed by atoms with E-state index >= 15 is 0 Å². The van der Waals surface area contributed by atoms with Crippen molar-refractivity contribution < 1.29 is 29.0 Å². The van der Waals surface area contributed by atoms with Gasteiger partial charge in [0.15, 0.2) is 0 Å². The van der Waals surface area contributed by atoms with Crippen LogP contribution in [0.25, 0.3) is 22.3 Å². The number of carboxylic acids is 1. The third-order valence-corrected chi connectivity index (χ3v) is 8.82. The molecule has 0 saturated carbocycles. The molecule has 1 fully saturated rings. The van der Waals surface area contributed by atoms with Gasteiger partial charge < -0.3 is 24.3 Å². The average molecular weight is 574 g/mol. The van der Waals surface area contributed by atoms with E-state index < -0.39 is 24.2 Å². The molecule has 1 atom stereocenters. The molecule has 0 N–H and O–H groups in total. The maximum absolute atomic E-state index is 13.2. The summed E-state index contributed by atoms with van der Waals surface area (Å²) in [5.74, 6) is -1.72. The maximum Gasteiger partial charge on any atom is 0.410 e. The van der Waals surface area contributed by atoms with Crippen molar-refractivity contribution in [3.63, 3.8) is 0 Å². The van der Waals surface area contributed by atoms with Crippen molar-refractivity contribution in [2.75, 3.05) is 32.8 Å². The van der Waals surface area contributed by atoms with Crippen molar-refractivity contribution in [2.24, 2.45) is 0 Å². The van der Waals surface area contributed by atoms with E-state index in [9.17, 15) is 19.5 Å². The van der Waals surface area contributed by atoms with E-state index in [2.05, 4.69) is 12.1 Å². The number of benzene rings is 4. The molecule has 1 saturated heterocycles. The number of fused-ring (bicyclic) bond motifs is 6. The van der Waals surface area contributed by atoms with Gasteiger partial charge >= 0.3 is 12.2 Å². The van der Waals surface area contributed by atoms with Gasteiger partial charge in [0.05, 0.1) is 18.6 Å². The number of aliphatic carboxylic acids is 1. The number of hydrogen-bond acceptors (Lipinski definition) is 6. The summed E-state index contributed by atoms with van der Waals surface area (Å²) in [6, 6.07) is 30.7. The van der Waals surface area contributed by atoms with Crippen molar-refractivity contribution >= 4 is 18.2 Å². The fourth-order valence-electron chi connectivity index (χ4n) is 6.73. The highest BCUT2D eigenvalue weighted by molar-refractivity contribution is 5.82. The minimum Gasteiger partial charge on any atom is -0.548 e. The van der Waals surface area contributed by atoms with E-state index in [1.807, 2.05) is 84.9 Å². The number of ether oxygens (including phenoxy) is 2. The van der Waals surface area contributed by atoms with Crippen LogP contribution in [0.1, 0.15) is 34.1 Å². The molecule has 8 heteroatoms. The first kappa shape index (κ1) is 26.8. The van der Waals surface area contributed by atoms with Crippen LogP contribution < -0.4 is 5.11 Å². The lowest BCUT2D eigenvalue weighted by Gasteiger charge is -2.40. The summed E-state index contributed by atoms with van der Waals surface area (Å²) in [6.45, 7) is 0.0437. The summed E-state index contributed by atoms with van der Waals surface area (Å²) in [6.07, 6.45) is -1.37. The number of carbonyl (C=O) groups excluding carboxylic acids is 3. The van der Waals surface area contributed by atoms with Gasteiger partial charge in [0, 0.05) is 24.9 Å². The zero-order valence-electron chi connectivity index (χ0n) is 23.3. The number of carbonyl (C=O) groups is 3. The highest BCUT2D eigenvalue weighted by Gasteiger charge is 2.37. The SMILES string of the molecule is O=C([O-])C1CN(C(=O)OCC2c3ccccc3-c3ccccc32)CCN1C(=O)OCC1c2ccccc2-c2ccccc21. The van der Waals surface area contributed by atoms with Crippen LogP contribution >= 0.6 is 0 Å². The molecule has 1 aliphatic heterocycles. The van der Waals surface area contributed by atoms with Gasteiger partial charge in [0.25, 0.3) is 0 Å². The van der Waals surface area contributed by atoms with Gasteiger partial charge in [-0.2, -0.15) is 0 Å². The van der Waals surface area contributed by atoms with Gasteiger partial charge in [-0.05, 0) is 44.5 Å². The summed E-state index contributed by atoms with van der Waals surface area (Å²) >= 11 is 0. The van der Waals surface area contributed by atoms with Gasteiger partial charge in [-0.15, -0.1) is 0 Å². The van der Waals surface area contributed by atoms with Crippen LogP contribution in [0.2, 0.25) is 0 Å². The van der Waals surface area contributed by atoms with Crippen LogP contribution in [0.3, 0.4) is 0 Å². The molecular weight excluding hydrogens is 544 g/mol. The fraction of sp³-hybridized carbons (Fsp3) is 0.229. The lowest BCUT2D eigenvalue weighted by Crippen LogP contribution is -2.62. The molecule has 43 heavy (non-hydrogen) atoms. The normalized spacial score (nSPS) is 17.1. The minimum absolute atomic E-state index is 0.0144. The van der Waals surface area contributed by atoms with Crippen molar-refractivity contribution in [1.29, 1.82) is 0 Å². The lowest BCUT2D eigenvalue weighted by atomic mass is 9.98. The summed E-state index contributed by atoms with van der Waals surface area (Å²) in [4.78, 5) is 40.9. The predicted octanol–water partition coefficient (Wildman–Crippen LogP) is 4.62. The second-order valence-electron chi connectivity index (χ2n) is 11.1. The second kappa shape index (κ2) is 10.9. The van der Waals surface area contributed by atoms with Gasteiger partial charge in [0.2, 0.25) is 0 Å². The Kier molecular flexibility index (Phi) is 6.81. The highest BCUT2D eigenvalue weighted by Crippen LogP contribution is 2.45. The molecule has 1 unspecified atom stereocenters. The molecule has 0 aromatic heterocycles. The van der Waals surface area contributed by atoms with Crippen LogP contribution in [0.5, 0.6) is 0 Å². The van der Waals surface area contributed by atoms with E-state index in [0.717, 1.165) is 49.4 Å². The first-order valence-corrected chi connectivity index (χ1v) is 14.4. The van der Waals surface area contributed by atoms with Gasteiger partial charge in [0.1, 0.15) is 13.2 Å². The molecule has 0 spiro atoms. The van der Waals surface area contributed by atoms with Crippen LogP contribution in [-0.4, -0.2) is 66.8 Å². The Morgan fingerprint density at radius 3 is 1.42 bits per heavy atom. The van der Waals surface area contributed by atoms with Crippen molar-refractivity contribution in [1.82, 2.24) is 9.80 Å². The molecule has 3 aliphatic rings. The number of piperazine rings is 1. The fourth-order valence-corrected chi connectivity index (χ4v) is 6.73. The van der Waals surface area contributed by atoms with Crippen molar-refractivity contribution in [3.8, 4) is 22.3 Å². The molecule has 7 rings (SSSR count). The quantitative estimate of drug-likeness (QED) is 0.346. The monoisotopic (exact) mass is 573 g/mol. The summed E-state index contributed by atoms with van der Waals surface area (Å²) in [5.41, 5.74) is 8.74. The smallest absolute Gasteiger partial charge is 0.410 e. The van der Waals surface area contributed by atoms with Crippen LogP contribution in [0.15, 0.2) is 97.1 Å². The van der Waals surface area contributed by atoms with Gasteiger partial charge in [-0.1, -0.05) is 97.1 Å². The zero-order valence-corrected chi connectivity index (χ0v) is 23.3. The molecule has 0 bridgehead atoms. The second-order valence-corrected chi connectivity index (χ2v) is 11.1.